The molecule has 15 heavy (non-hydrogen) atoms. The smallest absolute Gasteiger partial charge is 0.149 e. The van der Waals surface area contributed by atoms with Crippen LogP contribution in [0.3, 0.4) is 0 Å². The molecule has 0 bridgehead atoms. The molecule has 1 aromatic heterocycles. The Balaban J connectivity index is 2.42. The first-order valence-corrected chi connectivity index (χ1v) is 5.22. The molecule has 1 aliphatic rings. The van der Waals surface area contributed by atoms with E-state index in [1.54, 1.807) is 0 Å². The second-order valence-electron chi connectivity index (χ2n) is 4.19. The molecule has 2 rings (SSSR count). The molecule has 82 valence electrons. The minimum Gasteiger partial charge on any atom is -0.321 e. The van der Waals surface area contributed by atoms with Crippen molar-refractivity contribution in [3.63, 3.8) is 0 Å². The minimum atomic E-state index is -0.838. The quantitative estimate of drug-likeness (QED) is 0.776. The fourth-order valence-electron chi connectivity index (χ4n) is 2.32. The van der Waals surface area contributed by atoms with Crippen LogP contribution in [0.2, 0.25) is 0 Å². The van der Waals surface area contributed by atoms with Crippen LogP contribution in [-0.4, -0.2) is 4.98 Å². The summed E-state index contributed by atoms with van der Waals surface area (Å²) in [6.07, 6.45) is 6.29. The molecule has 0 unspecified atom stereocenters. The maximum absolute atomic E-state index is 13.5. The van der Waals surface area contributed by atoms with Gasteiger partial charge in [0.25, 0.3) is 0 Å². The molecule has 2 N–H and O–H groups in total. The third kappa shape index (κ3) is 1.86. The van der Waals surface area contributed by atoms with Crippen molar-refractivity contribution in [2.45, 2.75) is 37.6 Å². The Kier molecular flexibility index (Phi) is 2.69. The molecule has 1 aromatic rings. The van der Waals surface area contributed by atoms with E-state index in [2.05, 4.69) is 4.98 Å². The van der Waals surface area contributed by atoms with Crippen LogP contribution in [0.15, 0.2) is 12.4 Å². The van der Waals surface area contributed by atoms with Crippen LogP contribution in [0.5, 0.6) is 0 Å². The van der Waals surface area contributed by atoms with Gasteiger partial charge in [-0.25, -0.2) is 8.78 Å². The molecule has 0 radical (unpaired) electrons. The Hall–Kier alpha value is -1.03. The molecular weight excluding hydrogens is 198 g/mol. The summed E-state index contributed by atoms with van der Waals surface area (Å²) in [7, 11) is 0. The van der Waals surface area contributed by atoms with Gasteiger partial charge in [0.2, 0.25) is 0 Å². The first kappa shape index (κ1) is 10.5. The summed E-state index contributed by atoms with van der Waals surface area (Å²) < 4.78 is 27.0. The van der Waals surface area contributed by atoms with E-state index < -0.39 is 17.2 Å². The molecule has 4 heteroatoms. The molecule has 1 fully saturated rings. The standard InChI is InChI=1S/C11H14F2N2/c12-8-6-15-7-9(13)10(8)11(14)4-2-1-3-5-11/h6-7H,1-5,14H2. The van der Waals surface area contributed by atoms with Gasteiger partial charge in [0.15, 0.2) is 0 Å². The Labute approximate surface area is 87.5 Å². The van der Waals surface area contributed by atoms with E-state index in [0.29, 0.717) is 12.8 Å². The van der Waals surface area contributed by atoms with Crippen molar-refractivity contribution < 1.29 is 8.78 Å². The Morgan fingerprint density at radius 3 is 2.13 bits per heavy atom. The average Bonchev–Trinajstić information content (AvgIpc) is 2.18. The third-order valence-electron chi connectivity index (χ3n) is 3.10. The number of pyridine rings is 1. The molecule has 0 atom stereocenters. The Morgan fingerprint density at radius 1 is 1.07 bits per heavy atom. The van der Waals surface area contributed by atoms with E-state index in [1.165, 1.54) is 0 Å². The van der Waals surface area contributed by atoms with Gasteiger partial charge in [-0.15, -0.1) is 0 Å². The van der Waals surface area contributed by atoms with Gasteiger partial charge in [-0.05, 0) is 12.8 Å². The Morgan fingerprint density at radius 2 is 1.60 bits per heavy atom. The lowest BCUT2D eigenvalue weighted by Gasteiger charge is -2.34. The summed E-state index contributed by atoms with van der Waals surface area (Å²) >= 11 is 0. The van der Waals surface area contributed by atoms with E-state index in [0.717, 1.165) is 31.7 Å². The normalized spacial score (nSPS) is 20.2. The highest BCUT2D eigenvalue weighted by atomic mass is 19.1. The van der Waals surface area contributed by atoms with Crippen molar-refractivity contribution >= 4 is 0 Å². The largest absolute Gasteiger partial charge is 0.321 e. The molecule has 0 aromatic carbocycles. The minimum absolute atomic E-state index is 0.0113. The van der Waals surface area contributed by atoms with Gasteiger partial charge < -0.3 is 5.73 Å². The van der Waals surface area contributed by atoms with E-state index in [-0.39, 0.29) is 5.56 Å². The van der Waals surface area contributed by atoms with Crippen molar-refractivity contribution in [1.29, 1.82) is 0 Å². The topological polar surface area (TPSA) is 38.9 Å². The summed E-state index contributed by atoms with van der Waals surface area (Å²) in [4.78, 5) is 3.46. The van der Waals surface area contributed by atoms with Gasteiger partial charge in [-0.3, -0.25) is 4.98 Å². The first-order chi connectivity index (χ1) is 7.13. The van der Waals surface area contributed by atoms with Gasteiger partial charge in [-0.1, -0.05) is 19.3 Å². The predicted molar refractivity (Wildman–Crippen MR) is 53.1 cm³/mol. The highest BCUT2D eigenvalue weighted by Crippen LogP contribution is 2.36. The second kappa shape index (κ2) is 3.85. The predicted octanol–water partition coefficient (Wildman–Crippen LogP) is 2.48. The molecular formula is C11H14F2N2. The average molecular weight is 212 g/mol. The first-order valence-electron chi connectivity index (χ1n) is 5.22. The summed E-state index contributed by atoms with van der Waals surface area (Å²) in [5.74, 6) is -1.25. The maximum atomic E-state index is 13.5. The Bertz CT molecular complexity index is 339. The van der Waals surface area contributed by atoms with E-state index >= 15 is 0 Å². The SMILES string of the molecule is NC1(c2c(F)cncc2F)CCCCC1. The molecule has 1 saturated carbocycles. The summed E-state index contributed by atoms with van der Waals surface area (Å²) in [5.41, 5.74) is 5.25. The molecule has 0 saturated heterocycles. The third-order valence-corrected chi connectivity index (χ3v) is 3.10. The summed E-state index contributed by atoms with van der Waals surface area (Å²) in [5, 5.41) is 0. The number of rotatable bonds is 1. The zero-order chi connectivity index (χ0) is 10.9. The zero-order valence-corrected chi connectivity index (χ0v) is 8.47. The van der Waals surface area contributed by atoms with Crippen LogP contribution < -0.4 is 5.73 Å². The fourth-order valence-corrected chi connectivity index (χ4v) is 2.32. The summed E-state index contributed by atoms with van der Waals surface area (Å²) in [6.45, 7) is 0. The molecule has 0 spiro atoms. The van der Waals surface area contributed by atoms with Gasteiger partial charge >= 0.3 is 0 Å². The maximum Gasteiger partial charge on any atom is 0.149 e. The molecule has 0 amide bonds. The van der Waals surface area contributed by atoms with Gasteiger partial charge in [0, 0.05) is 11.1 Å². The van der Waals surface area contributed by atoms with Crippen molar-refractivity contribution in [3.8, 4) is 0 Å². The molecule has 2 nitrogen and oxygen atoms in total. The van der Waals surface area contributed by atoms with Gasteiger partial charge in [0.1, 0.15) is 11.6 Å². The van der Waals surface area contributed by atoms with Crippen LogP contribution >= 0.6 is 0 Å². The van der Waals surface area contributed by atoms with Crippen molar-refractivity contribution in [3.05, 3.63) is 29.6 Å². The van der Waals surface area contributed by atoms with Gasteiger partial charge in [0.05, 0.1) is 12.4 Å². The lowest BCUT2D eigenvalue weighted by Crippen LogP contribution is -2.40. The monoisotopic (exact) mass is 212 g/mol. The van der Waals surface area contributed by atoms with E-state index in [4.69, 9.17) is 5.73 Å². The van der Waals surface area contributed by atoms with Crippen molar-refractivity contribution in [2.24, 2.45) is 5.73 Å². The molecule has 1 heterocycles. The zero-order valence-electron chi connectivity index (χ0n) is 8.47. The lowest BCUT2D eigenvalue weighted by molar-refractivity contribution is 0.281. The lowest BCUT2D eigenvalue weighted by atomic mass is 9.77. The van der Waals surface area contributed by atoms with Crippen molar-refractivity contribution in [2.75, 3.05) is 0 Å². The van der Waals surface area contributed by atoms with E-state index in [9.17, 15) is 8.78 Å². The van der Waals surface area contributed by atoms with Crippen LogP contribution in [0.1, 0.15) is 37.7 Å². The molecule has 0 aliphatic heterocycles. The van der Waals surface area contributed by atoms with Crippen LogP contribution in [0, 0.1) is 11.6 Å². The molecule has 1 aliphatic carbocycles. The highest BCUT2D eigenvalue weighted by Gasteiger charge is 2.34. The number of hydrogen-bond donors (Lipinski definition) is 1. The number of nitrogens with two attached hydrogens (primary N) is 1. The summed E-state index contributed by atoms with van der Waals surface area (Å²) in [6, 6.07) is 0. The van der Waals surface area contributed by atoms with Crippen molar-refractivity contribution in [1.82, 2.24) is 4.98 Å². The van der Waals surface area contributed by atoms with E-state index in [1.807, 2.05) is 0 Å². The second-order valence-corrected chi connectivity index (χ2v) is 4.19. The highest BCUT2D eigenvalue weighted by molar-refractivity contribution is 5.25. The number of hydrogen-bond acceptors (Lipinski definition) is 2. The number of aromatic nitrogens is 1. The van der Waals surface area contributed by atoms with Crippen LogP contribution in [-0.2, 0) is 5.54 Å². The van der Waals surface area contributed by atoms with Gasteiger partial charge in [-0.2, -0.15) is 0 Å². The number of halogens is 2. The van der Waals surface area contributed by atoms with Crippen LogP contribution in [0.25, 0.3) is 0 Å². The van der Waals surface area contributed by atoms with Crippen LogP contribution in [0.4, 0.5) is 8.78 Å². The number of nitrogens with zero attached hydrogens (tertiary/aromatic N) is 1. The fraction of sp³-hybridized carbons (Fsp3) is 0.545.